The van der Waals surface area contributed by atoms with Crippen molar-refractivity contribution in [3.63, 3.8) is 0 Å². The summed E-state index contributed by atoms with van der Waals surface area (Å²) in [7, 11) is 0. The van der Waals surface area contributed by atoms with Gasteiger partial charge in [-0.2, -0.15) is 13.2 Å². The number of hydrogen-bond donors (Lipinski definition) is 0. The van der Waals surface area contributed by atoms with Crippen LogP contribution in [-0.2, 0) is 6.18 Å². The molecule has 2 aliphatic rings. The minimum atomic E-state index is -4.29. The van der Waals surface area contributed by atoms with Crippen molar-refractivity contribution in [2.75, 3.05) is 0 Å². The predicted octanol–water partition coefficient (Wildman–Crippen LogP) is 4.07. The van der Waals surface area contributed by atoms with Gasteiger partial charge >= 0.3 is 13.0 Å². The number of halogens is 3. The van der Waals surface area contributed by atoms with Gasteiger partial charge < -0.3 is 4.81 Å². The van der Waals surface area contributed by atoms with Crippen LogP contribution in [0.4, 0.5) is 13.2 Å². The highest BCUT2D eigenvalue weighted by molar-refractivity contribution is 6.81. The molecule has 0 fully saturated rings. The van der Waals surface area contributed by atoms with Crippen molar-refractivity contribution in [3.8, 4) is 0 Å². The fraction of sp³-hybridized carbons (Fsp3) is 0.0667. The molecule has 0 saturated heterocycles. The largest absolute Gasteiger partial charge is 0.416 e. The molecule has 1 nitrogen and oxygen atoms in total. The Balaban J connectivity index is 1.93. The maximum absolute atomic E-state index is 12.6. The van der Waals surface area contributed by atoms with Gasteiger partial charge in [-0.25, -0.2) is 0 Å². The van der Waals surface area contributed by atoms with Crippen LogP contribution in [0.3, 0.4) is 0 Å². The smallest absolute Gasteiger partial charge is 0.390 e. The van der Waals surface area contributed by atoms with Crippen molar-refractivity contribution in [1.29, 1.82) is 0 Å². The number of alkyl halides is 3. The van der Waals surface area contributed by atoms with E-state index in [0.29, 0.717) is 0 Å². The molecule has 0 radical (unpaired) electrons. The molecule has 0 unspecified atom stereocenters. The summed E-state index contributed by atoms with van der Waals surface area (Å²) in [4.78, 5) is 2.02. The first-order valence-corrected chi connectivity index (χ1v) is 6.24. The first kappa shape index (κ1) is 12.8. The van der Waals surface area contributed by atoms with Crippen LogP contribution in [0.25, 0.3) is 5.47 Å². The van der Waals surface area contributed by atoms with E-state index in [9.17, 15) is 13.2 Å². The molecule has 0 saturated carbocycles. The van der Waals surface area contributed by atoms with Crippen LogP contribution in [0.2, 0.25) is 0 Å². The molecule has 0 aliphatic carbocycles. The predicted molar refractivity (Wildman–Crippen MR) is 74.4 cm³/mol. The Bertz CT molecular complexity index is 624. The zero-order chi connectivity index (χ0) is 14.2. The molecule has 3 rings (SSSR count). The SMILES string of the molecule is FC(F)(F)c1ccc(C2=CC=CN3C=CC=CB23)cc1. The maximum atomic E-state index is 12.6. The first-order valence-electron chi connectivity index (χ1n) is 6.24. The Morgan fingerprint density at radius 3 is 2.30 bits per heavy atom. The number of fused-ring (bicyclic) bond motifs is 1. The number of nitrogens with zero attached hydrogens (tertiary/aromatic N) is 1. The van der Waals surface area contributed by atoms with Crippen molar-refractivity contribution >= 4 is 12.3 Å². The molecular formula is C15H11BF3N. The molecule has 0 N–H and O–H groups in total. The summed E-state index contributed by atoms with van der Waals surface area (Å²) in [6.07, 6.45) is 7.30. The lowest BCUT2D eigenvalue weighted by Crippen LogP contribution is -2.34. The molecule has 2 aliphatic heterocycles. The molecule has 0 aromatic heterocycles. The minimum Gasteiger partial charge on any atom is -0.390 e. The van der Waals surface area contributed by atoms with E-state index in [2.05, 4.69) is 0 Å². The molecule has 100 valence electrons. The summed E-state index contributed by atoms with van der Waals surface area (Å²) in [5.74, 6) is 2.02. The fourth-order valence-electron chi connectivity index (χ4n) is 2.38. The molecule has 5 heteroatoms. The minimum absolute atomic E-state index is 0.0433. The van der Waals surface area contributed by atoms with Gasteiger partial charge in [-0.15, -0.1) is 0 Å². The average Bonchev–Trinajstić information content (AvgIpc) is 2.46. The van der Waals surface area contributed by atoms with Gasteiger partial charge in [-0.3, -0.25) is 0 Å². The number of allylic oxidation sites excluding steroid dienone is 4. The molecule has 1 aromatic rings. The van der Waals surface area contributed by atoms with Crippen LogP contribution in [-0.4, -0.2) is 11.7 Å². The van der Waals surface area contributed by atoms with Crippen LogP contribution in [0.1, 0.15) is 11.1 Å². The van der Waals surface area contributed by atoms with Gasteiger partial charge in [0.15, 0.2) is 0 Å². The molecular weight excluding hydrogens is 262 g/mol. The van der Waals surface area contributed by atoms with Crippen LogP contribution < -0.4 is 0 Å². The van der Waals surface area contributed by atoms with Crippen LogP contribution in [0.5, 0.6) is 0 Å². The second-order valence-electron chi connectivity index (χ2n) is 4.66. The van der Waals surface area contributed by atoms with E-state index in [4.69, 9.17) is 0 Å². The Morgan fingerprint density at radius 2 is 1.60 bits per heavy atom. The van der Waals surface area contributed by atoms with Crippen molar-refractivity contribution in [2.45, 2.75) is 6.18 Å². The van der Waals surface area contributed by atoms with E-state index in [1.165, 1.54) is 12.1 Å². The van der Waals surface area contributed by atoms with Gasteiger partial charge in [0.05, 0.1) is 5.56 Å². The van der Waals surface area contributed by atoms with Crippen molar-refractivity contribution in [2.24, 2.45) is 0 Å². The third-order valence-corrected chi connectivity index (χ3v) is 3.38. The second kappa shape index (κ2) is 4.74. The normalized spacial score (nSPS) is 17.2. The monoisotopic (exact) mass is 273 g/mol. The van der Waals surface area contributed by atoms with Gasteiger partial charge in [-0.1, -0.05) is 30.3 Å². The van der Waals surface area contributed by atoms with E-state index < -0.39 is 11.7 Å². The molecule has 0 atom stereocenters. The van der Waals surface area contributed by atoms with Crippen molar-refractivity contribution in [1.82, 2.24) is 4.81 Å². The zero-order valence-electron chi connectivity index (χ0n) is 10.5. The highest BCUT2D eigenvalue weighted by Gasteiger charge is 2.31. The summed E-state index contributed by atoms with van der Waals surface area (Å²) in [6, 6.07) is 5.30. The Labute approximate surface area is 115 Å². The summed E-state index contributed by atoms with van der Waals surface area (Å²) in [5, 5.41) is 0. The lowest BCUT2D eigenvalue weighted by molar-refractivity contribution is -0.137. The highest BCUT2D eigenvalue weighted by atomic mass is 19.4. The molecule has 20 heavy (non-hydrogen) atoms. The third kappa shape index (κ3) is 2.31. The summed E-state index contributed by atoms with van der Waals surface area (Å²) >= 11 is 0. The van der Waals surface area contributed by atoms with Gasteiger partial charge in [0.1, 0.15) is 0 Å². The van der Waals surface area contributed by atoms with Crippen LogP contribution in [0, 0.1) is 0 Å². The number of benzene rings is 1. The second-order valence-corrected chi connectivity index (χ2v) is 4.66. The van der Waals surface area contributed by atoms with Gasteiger partial charge in [0, 0.05) is 0 Å². The van der Waals surface area contributed by atoms with Crippen molar-refractivity contribution < 1.29 is 13.2 Å². The van der Waals surface area contributed by atoms with E-state index in [0.717, 1.165) is 23.2 Å². The zero-order valence-corrected chi connectivity index (χ0v) is 10.5. The van der Waals surface area contributed by atoms with E-state index in [1.807, 2.05) is 47.5 Å². The molecule has 0 spiro atoms. The number of rotatable bonds is 1. The van der Waals surface area contributed by atoms with Gasteiger partial charge in [0.2, 0.25) is 0 Å². The highest BCUT2D eigenvalue weighted by Crippen LogP contribution is 2.31. The molecule has 1 aromatic carbocycles. The average molecular weight is 273 g/mol. The maximum Gasteiger partial charge on any atom is 0.416 e. The third-order valence-electron chi connectivity index (χ3n) is 3.38. The number of hydrogen-bond acceptors (Lipinski definition) is 1. The van der Waals surface area contributed by atoms with E-state index >= 15 is 0 Å². The Hall–Kier alpha value is -2.17. The van der Waals surface area contributed by atoms with Gasteiger partial charge in [0.25, 0.3) is 0 Å². The standard InChI is InChI=1S/C15H11BF3N/c17-15(18,19)13-7-5-12(6-8-13)14-4-3-11-20-10-2-1-9-16(14)20/h1-11H. The topological polar surface area (TPSA) is 3.24 Å². The first-order chi connectivity index (χ1) is 9.55. The van der Waals surface area contributed by atoms with Gasteiger partial charge in [-0.05, 0) is 47.7 Å². The fourth-order valence-corrected chi connectivity index (χ4v) is 2.38. The summed E-state index contributed by atoms with van der Waals surface area (Å²) < 4.78 is 37.7. The summed E-state index contributed by atoms with van der Waals surface area (Å²) in [6.45, 7) is 0.0433. The molecule has 0 bridgehead atoms. The van der Waals surface area contributed by atoms with Crippen LogP contribution >= 0.6 is 0 Å². The summed E-state index contributed by atoms with van der Waals surface area (Å²) in [5.41, 5.74) is 1.17. The van der Waals surface area contributed by atoms with Crippen LogP contribution in [0.15, 0.2) is 66.9 Å². The lowest BCUT2D eigenvalue weighted by atomic mass is 9.50. The molecule has 2 heterocycles. The van der Waals surface area contributed by atoms with E-state index in [-0.39, 0.29) is 6.85 Å². The van der Waals surface area contributed by atoms with E-state index in [1.54, 1.807) is 0 Å². The van der Waals surface area contributed by atoms with Crippen molar-refractivity contribution in [3.05, 3.63) is 78.1 Å². The lowest BCUT2D eigenvalue weighted by Gasteiger charge is -2.29. The molecule has 0 amide bonds. The Kier molecular flexibility index (Phi) is 3.05. The quantitative estimate of drug-likeness (QED) is 0.697. The Morgan fingerprint density at radius 1 is 0.900 bits per heavy atom.